The molecule has 9 nitrogen and oxygen atoms in total. The second kappa shape index (κ2) is 12.3. The van der Waals surface area contributed by atoms with Crippen molar-refractivity contribution in [2.75, 3.05) is 18.9 Å². The van der Waals surface area contributed by atoms with Gasteiger partial charge in [0.15, 0.2) is 11.6 Å². The quantitative estimate of drug-likeness (QED) is 0.132. The third-order valence-electron chi connectivity index (χ3n) is 5.93. The summed E-state index contributed by atoms with van der Waals surface area (Å²) in [5.41, 5.74) is 4.62. The fourth-order valence-corrected chi connectivity index (χ4v) is 4.02. The summed E-state index contributed by atoms with van der Waals surface area (Å²) in [6.07, 6.45) is -7.32. The van der Waals surface area contributed by atoms with Crippen LogP contribution in [0.5, 0.6) is 0 Å². The lowest BCUT2D eigenvalue weighted by atomic mass is 9.67. The van der Waals surface area contributed by atoms with Crippen LogP contribution in [0.25, 0.3) is 0 Å². The predicted molar refractivity (Wildman–Crippen MR) is 119 cm³/mol. The SMILES string of the molecule is CCOC(=O)CC(CC(=O)C1CCCN1C(=O)C(CC(=O)c1ccc(N)c(F)c1)C(F)(F)F)B(O)O. The number of likely N-dealkylation sites (tertiary alicyclic amines) is 1. The van der Waals surface area contributed by atoms with Crippen LogP contribution >= 0.6 is 0 Å². The van der Waals surface area contributed by atoms with Gasteiger partial charge in [-0.25, -0.2) is 4.39 Å². The van der Waals surface area contributed by atoms with Crippen LogP contribution in [0.4, 0.5) is 23.2 Å². The number of Topliss-reactive ketones (excluding diaryl/α,β-unsaturated/α-hetero) is 2. The fourth-order valence-electron chi connectivity index (χ4n) is 4.02. The van der Waals surface area contributed by atoms with E-state index in [1.165, 1.54) is 6.92 Å². The summed E-state index contributed by atoms with van der Waals surface area (Å²) in [5.74, 6) is -9.23. The Labute approximate surface area is 204 Å². The molecule has 198 valence electrons. The number of ether oxygens (including phenoxy) is 1. The van der Waals surface area contributed by atoms with E-state index in [2.05, 4.69) is 0 Å². The number of rotatable bonds is 11. The van der Waals surface area contributed by atoms with Crippen molar-refractivity contribution >= 4 is 36.2 Å². The normalized spacial score (nSPS) is 17.4. The van der Waals surface area contributed by atoms with E-state index in [0.29, 0.717) is 6.07 Å². The van der Waals surface area contributed by atoms with Gasteiger partial charge in [0.2, 0.25) is 5.91 Å². The Bertz CT molecular complexity index is 990. The fraction of sp³-hybridized carbons (Fsp3) is 0.545. The van der Waals surface area contributed by atoms with E-state index >= 15 is 0 Å². The molecule has 1 amide bonds. The van der Waals surface area contributed by atoms with E-state index in [-0.39, 0.29) is 31.7 Å². The molecule has 4 N–H and O–H groups in total. The first-order chi connectivity index (χ1) is 16.8. The zero-order valence-corrected chi connectivity index (χ0v) is 19.5. The highest BCUT2D eigenvalue weighted by Crippen LogP contribution is 2.35. The molecule has 2 rings (SSSR count). The number of anilines is 1. The number of carbonyl (C=O) groups excluding carboxylic acids is 4. The van der Waals surface area contributed by atoms with Crippen LogP contribution < -0.4 is 5.73 Å². The third-order valence-corrected chi connectivity index (χ3v) is 5.93. The average molecular weight is 518 g/mol. The molecule has 0 spiro atoms. The van der Waals surface area contributed by atoms with Crippen molar-refractivity contribution in [3.05, 3.63) is 29.6 Å². The van der Waals surface area contributed by atoms with Gasteiger partial charge in [-0.2, -0.15) is 13.2 Å². The number of nitrogen functional groups attached to an aromatic ring is 1. The first-order valence-corrected chi connectivity index (χ1v) is 11.3. The minimum atomic E-state index is -5.14. The number of hydrogen-bond donors (Lipinski definition) is 3. The summed E-state index contributed by atoms with van der Waals surface area (Å²) >= 11 is 0. The summed E-state index contributed by atoms with van der Waals surface area (Å²) in [6.45, 7) is 1.37. The van der Waals surface area contributed by atoms with Gasteiger partial charge in [-0.3, -0.25) is 19.2 Å². The smallest absolute Gasteiger partial charge is 0.455 e. The van der Waals surface area contributed by atoms with Crippen LogP contribution in [0.3, 0.4) is 0 Å². The molecule has 1 fully saturated rings. The highest BCUT2D eigenvalue weighted by Gasteiger charge is 2.50. The molecule has 0 aromatic heterocycles. The molecule has 14 heteroatoms. The lowest BCUT2D eigenvalue weighted by molar-refractivity contribution is -0.189. The average Bonchev–Trinajstić information content (AvgIpc) is 3.27. The largest absolute Gasteiger partial charge is 0.466 e. The summed E-state index contributed by atoms with van der Waals surface area (Å²) in [4.78, 5) is 50.6. The number of esters is 1. The standard InChI is InChI=1S/C22H27BF4N2O7/c1-2-36-20(32)10-13(23(34)35)9-19(31)17-4-3-7-29(17)21(33)14(22(25,26)27)11-18(30)12-5-6-16(28)15(24)8-12/h5-6,8,13-14,17,34-35H,2-4,7,9-11,28H2,1H3. The molecule has 1 aliphatic heterocycles. The van der Waals surface area contributed by atoms with Gasteiger partial charge in [-0.15, -0.1) is 0 Å². The van der Waals surface area contributed by atoms with Gasteiger partial charge in [0.25, 0.3) is 0 Å². The van der Waals surface area contributed by atoms with Gasteiger partial charge >= 0.3 is 19.3 Å². The van der Waals surface area contributed by atoms with E-state index in [1.54, 1.807) is 0 Å². The molecule has 0 radical (unpaired) electrons. The monoisotopic (exact) mass is 518 g/mol. The molecule has 36 heavy (non-hydrogen) atoms. The van der Waals surface area contributed by atoms with Crippen LogP contribution in [0.1, 0.15) is 49.4 Å². The van der Waals surface area contributed by atoms with Gasteiger partial charge in [-0.05, 0) is 38.0 Å². The number of amides is 1. The van der Waals surface area contributed by atoms with Crippen molar-refractivity contribution in [1.82, 2.24) is 4.90 Å². The summed E-state index contributed by atoms with van der Waals surface area (Å²) in [5, 5.41) is 19.1. The summed E-state index contributed by atoms with van der Waals surface area (Å²) in [7, 11) is -2.08. The second-order valence-electron chi connectivity index (χ2n) is 8.50. The molecule has 1 aromatic carbocycles. The minimum absolute atomic E-state index is 0.0203. The third kappa shape index (κ3) is 7.50. The summed E-state index contributed by atoms with van der Waals surface area (Å²) in [6, 6.07) is 1.45. The number of alkyl halides is 3. The Kier molecular flexibility index (Phi) is 9.99. The van der Waals surface area contributed by atoms with Crippen LogP contribution in [0.15, 0.2) is 18.2 Å². The van der Waals surface area contributed by atoms with Crippen molar-refractivity contribution in [1.29, 1.82) is 0 Å². The van der Waals surface area contributed by atoms with Crippen LogP contribution in [0, 0.1) is 11.7 Å². The van der Waals surface area contributed by atoms with Crippen molar-refractivity contribution in [3.63, 3.8) is 0 Å². The molecule has 0 aliphatic carbocycles. The van der Waals surface area contributed by atoms with E-state index in [4.69, 9.17) is 10.5 Å². The van der Waals surface area contributed by atoms with Crippen molar-refractivity contribution in [2.45, 2.75) is 57.1 Å². The molecular formula is C22H27BF4N2O7. The zero-order chi connectivity index (χ0) is 27.2. The number of nitrogens with zero attached hydrogens (tertiary/aromatic N) is 1. The van der Waals surface area contributed by atoms with Gasteiger partial charge in [-0.1, -0.05) is 0 Å². The molecule has 3 unspecified atom stereocenters. The Morgan fingerprint density at radius 1 is 1.19 bits per heavy atom. The Hall–Kier alpha value is -3.00. The first-order valence-electron chi connectivity index (χ1n) is 11.3. The van der Waals surface area contributed by atoms with E-state index in [9.17, 15) is 46.8 Å². The van der Waals surface area contributed by atoms with Crippen LogP contribution in [-0.4, -0.2) is 70.9 Å². The molecule has 1 aromatic rings. The Balaban J connectivity index is 2.19. The topological polar surface area (TPSA) is 147 Å². The maximum Gasteiger partial charge on any atom is 0.455 e. The molecule has 3 atom stereocenters. The van der Waals surface area contributed by atoms with Gasteiger partial charge in [0.05, 0.1) is 18.3 Å². The van der Waals surface area contributed by atoms with E-state index < -0.39 is 85.2 Å². The second-order valence-corrected chi connectivity index (χ2v) is 8.50. The first kappa shape index (κ1) is 29.2. The van der Waals surface area contributed by atoms with Crippen molar-refractivity contribution in [3.8, 4) is 0 Å². The maximum absolute atomic E-state index is 13.8. The molecule has 1 heterocycles. The van der Waals surface area contributed by atoms with Gasteiger partial charge < -0.3 is 25.4 Å². The van der Waals surface area contributed by atoms with Crippen LogP contribution in [-0.2, 0) is 19.1 Å². The molecule has 0 bridgehead atoms. The lowest BCUT2D eigenvalue weighted by Crippen LogP contribution is -2.48. The number of benzene rings is 1. The highest BCUT2D eigenvalue weighted by atomic mass is 19.4. The number of ketones is 2. The van der Waals surface area contributed by atoms with Crippen LogP contribution in [0.2, 0.25) is 5.82 Å². The Morgan fingerprint density at radius 2 is 1.86 bits per heavy atom. The predicted octanol–water partition coefficient (Wildman–Crippen LogP) is 1.91. The van der Waals surface area contributed by atoms with Gasteiger partial charge in [0, 0.05) is 37.2 Å². The van der Waals surface area contributed by atoms with E-state index in [1.807, 2.05) is 0 Å². The van der Waals surface area contributed by atoms with E-state index in [0.717, 1.165) is 17.0 Å². The highest BCUT2D eigenvalue weighted by molar-refractivity contribution is 6.44. The minimum Gasteiger partial charge on any atom is -0.466 e. The number of hydrogen-bond acceptors (Lipinski definition) is 8. The lowest BCUT2D eigenvalue weighted by Gasteiger charge is -2.29. The molecule has 1 saturated heterocycles. The summed E-state index contributed by atoms with van der Waals surface area (Å²) < 4.78 is 59.8. The number of halogens is 4. The zero-order valence-electron chi connectivity index (χ0n) is 19.5. The van der Waals surface area contributed by atoms with Crippen molar-refractivity contribution in [2.24, 2.45) is 5.92 Å². The molecular weight excluding hydrogens is 491 g/mol. The van der Waals surface area contributed by atoms with Crippen molar-refractivity contribution < 1.29 is 51.5 Å². The number of carbonyl (C=O) groups is 4. The van der Waals surface area contributed by atoms with Gasteiger partial charge in [0.1, 0.15) is 11.7 Å². The molecule has 0 saturated carbocycles. The Morgan fingerprint density at radius 3 is 2.42 bits per heavy atom. The maximum atomic E-state index is 13.8. The molecule has 1 aliphatic rings. The number of nitrogens with two attached hydrogens (primary N) is 1.